The van der Waals surface area contributed by atoms with Crippen molar-refractivity contribution in [2.75, 3.05) is 11.9 Å². The second kappa shape index (κ2) is 6.33. The number of anilines is 1. The van der Waals surface area contributed by atoms with Gasteiger partial charge in [-0.3, -0.25) is 9.59 Å². The molecule has 1 saturated heterocycles. The number of para-hydroxylation sites is 1. The summed E-state index contributed by atoms with van der Waals surface area (Å²) in [5.41, 5.74) is 0.729. The topological polar surface area (TPSA) is 70.2 Å². The third-order valence-electron chi connectivity index (χ3n) is 3.17. The lowest BCUT2D eigenvalue weighted by Gasteiger charge is -2.17. The third kappa shape index (κ3) is 3.79. The van der Waals surface area contributed by atoms with Gasteiger partial charge in [0.2, 0.25) is 11.8 Å². The molecule has 5 heteroatoms. The second-order valence-corrected chi connectivity index (χ2v) is 4.73. The van der Waals surface area contributed by atoms with Crippen LogP contribution in [0.3, 0.4) is 0 Å². The molecule has 1 aliphatic heterocycles. The van der Waals surface area contributed by atoms with Gasteiger partial charge in [0, 0.05) is 5.69 Å². The van der Waals surface area contributed by atoms with Crippen molar-refractivity contribution >= 4 is 17.5 Å². The average molecular weight is 261 g/mol. The SMILES string of the molecule is CC(NC(=O)C1CCCN1)C(=O)Nc1ccccc1. The Labute approximate surface area is 112 Å². The number of nitrogens with one attached hydrogen (secondary N) is 3. The van der Waals surface area contributed by atoms with E-state index in [1.54, 1.807) is 6.92 Å². The molecular formula is C14H19N3O2. The van der Waals surface area contributed by atoms with Gasteiger partial charge in [0.15, 0.2) is 0 Å². The Morgan fingerprint density at radius 3 is 2.68 bits per heavy atom. The highest BCUT2D eigenvalue weighted by molar-refractivity contribution is 5.97. The number of carbonyl (C=O) groups is 2. The molecule has 0 spiro atoms. The predicted octanol–water partition coefficient (Wildman–Crippen LogP) is 0.882. The molecule has 2 unspecified atom stereocenters. The summed E-state index contributed by atoms with van der Waals surface area (Å²) in [6.07, 6.45) is 1.83. The fourth-order valence-electron chi connectivity index (χ4n) is 2.06. The molecule has 0 bridgehead atoms. The number of hydrogen-bond donors (Lipinski definition) is 3. The molecule has 2 atom stereocenters. The number of amides is 2. The average Bonchev–Trinajstić information content (AvgIpc) is 2.93. The lowest BCUT2D eigenvalue weighted by molar-refractivity contribution is -0.127. The van der Waals surface area contributed by atoms with Gasteiger partial charge in [0.05, 0.1) is 6.04 Å². The number of rotatable bonds is 4. The van der Waals surface area contributed by atoms with E-state index in [2.05, 4.69) is 16.0 Å². The van der Waals surface area contributed by atoms with Crippen LogP contribution in [0.25, 0.3) is 0 Å². The molecular weight excluding hydrogens is 242 g/mol. The molecule has 0 aromatic heterocycles. The second-order valence-electron chi connectivity index (χ2n) is 4.73. The van der Waals surface area contributed by atoms with Crippen LogP contribution in [0, 0.1) is 0 Å². The molecule has 5 nitrogen and oxygen atoms in total. The number of carbonyl (C=O) groups excluding carboxylic acids is 2. The Morgan fingerprint density at radius 1 is 1.32 bits per heavy atom. The molecule has 2 amide bonds. The molecule has 0 aliphatic carbocycles. The van der Waals surface area contributed by atoms with Gasteiger partial charge in [-0.25, -0.2) is 0 Å². The van der Waals surface area contributed by atoms with Crippen LogP contribution in [0.4, 0.5) is 5.69 Å². The van der Waals surface area contributed by atoms with Gasteiger partial charge in [-0.05, 0) is 38.4 Å². The standard InChI is InChI=1S/C14H19N3O2/c1-10(16-14(19)12-8-5-9-15-12)13(18)17-11-6-3-2-4-7-11/h2-4,6-7,10,12,15H,5,8-9H2,1H3,(H,16,19)(H,17,18). The van der Waals surface area contributed by atoms with Crippen molar-refractivity contribution in [3.63, 3.8) is 0 Å². The molecule has 1 heterocycles. The molecule has 102 valence electrons. The number of hydrogen-bond acceptors (Lipinski definition) is 3. The minimum atomic E-state index is -0.546. The van der Waals surface area contributed by atoms with E-state index in [1.807, 2.05) is 30.3 Å². The van der Waals surface area contributed by atoms with Gasteiger partial charge < -0.3 is 16.0 Å². The maximum absolute atomic E-state index is 11.9. The third-order valence-corrected chi connectivity index (χ3v) is 3.17. The van der Waals surface area contributed by atoms with Gasteiger partial charge in [-0.1, -0.05) is 18.2 Å². The summed E-state index contributed by atoms with van der Waals surface area (Å²) < 4.78 is 0. The van der Waals surface area contributed by atoms with E-state index in [-0.39, 0.29) is 17.9 Å². The highest BCUT2D eigenvalue weighted by Gasteiger charge is 2.24. The zero-order valence-corrected chi connectivity index (χ0v) is 11.0. The maximum atomic E-state index is 11.9. The van der Waals surface area contributed by atoms with Crippen molar-refractivity contribution in [3.05, 3.63) is 30.3 Å². The summed E-state index contributed by atoms with van der Waals surface area (Å²) in [6, 6.07) is 8.49. The predicted molar refractivity (Wildman–Crippen MR) is 73.7 cm³/mol. The van der Waals surface area contributed by atoms with Crippen molar-refractivity contribution in [2.45, 2.75) is 31.8 Å². The van der Waals surface area contributed by atoms with Crippen LogP contribution in [-0.4, -0.2) is 30.4 Å². The summed E-state index contributed by atoms with van der Waals surface area (Å²) in [4.78, 5) is 23.8. The summed E-state index contributed by atoms with van der Waals surface area (Å²) in [5, 5.41) is 8.60. The molecule has 1 fully saturated rings. The fourth-order valence-corrected chi connectivity index (χ4v) is 2.06. The monoisotopic (exact) mass is 261 g/mol. The van der Waals surface area contributed by atoms with E-state index in [4.69, 9.17) is 0 Å². The zero-order chi connectivity index (χ0) is 13.7. The molecule has 2 rings (SSSR count). The Kier molecular flexibility index (Phi) is 4.52. The van der Waals surface area contributed by atoms with Gasteiger partial charge in [0.1, 0.15) is 6.04 Å². The number of benzene rings is 1. The van der Waals surface area contributed by atoms with Crippen LogP contribution >= 0.6 is 0 Å². The van der Waals surface area contributed by atoms with E-state index in [1.165, 1.54) is 0 Å². The molecule has 1 aromatic rings. The Hall–Kier alpha value is -1.88. The minimum absolute atomic E-state index is 0.104. The van der Waals surface area contributed by atoms with Crippen LogP contribution in [0.5, 0.6) is 0 Å². The van der Waals surface area contributed by atoms with Crippen LogP contribution in [0.2, 0.25) is 0 Å². The van der Waals surface area contributed by atoms with Crippen LogP contribution in [0.15, 0.2) is 30.3 Å². The maximum Gasteiger partial charge on any atom is 0.246 e. The van der Waals surface area contributed by atoms with Crippen molar-refractivity contribution in [1.82, 2.24) is 10.6 Å². The summed E-state index contributed by atoms with van der Waals surface area (Å²) in [7, 11) is 0. The first-order valence-corrected chi connectivity index (χ1v) is 6.56. The molecule has 1 aromatic carbocycles. The normalized spacial score (nSPS) is 19.7. The summed E-state index contributed by atoms with van der Waals surface area (Å²) in [6.45, 7) is 2.55. The molecule has 1 aliphatic rings. The lowest BCUT2D eigenvalue weighted by atomic mass is 10.2. The van der Waals surface area contributed by atoms with Crippen molar-refractivity contribution in [2.24, 2.45) is 0 Å². The quantitative estimate of drug-likeness (QED) is 0.753. The van der Waals surface area contributed by atoms with Crippen molar-refractivity contribution in [3.8, 4) is 0 Å². The van der Waals surface area contributed by atoms with Crippen LogP contribution < -0.4 is 16.0 Å². The molecule has 3 N–H and O–H groups in total. The largest absolute Gasteiger partial charge is 0.343 e. The molecule has 0 saturated carbocycles. The van der Waals surface area contributed by atoms with Gasteiger partial charge in [-0.15, -0.1) is 0 Å². The van der Waals surface area contributed by atoms with Gasteiger partial charge >= 0.3 is 0 Å². The van der Waals surface area contributed by atoms with Crippen molar-refractivity contribution < 1.29 is 9.59 Å². The first-order valence-electron chi connectivity index (χ1n) is 6.56. The van der Waals surface area contributed by atoms with E-state index in [0.29, 0.717) is 0 Å². The van der Waals surface area contributed by atoms with Gasteiger partial charge in [-0.2, -0.15) is 0 Å². The zero-order valence-electron chi connectivity index (χ0n) is 11.0. The Balaban J connectivity index is 1.83. The lowest BCUT2D eigenvalue weighted by Crippen LogP contribution is -2.48. The fraction of sp³-hybridized carbons (Fsp3) is 0.429. The van der Waals surface area contributed by atoms with E-state index >= 15 is 0 Å². The van der Waals surface area contributed by atoms with Crippen LogP contribution in [-0.2, 0) is 9.59 Å². The molecule has 0 radical (unpaired) electrons. The highest BCUT2D eigenvalue weighted by atomic mass is 16.2. The smallest absolute Gasteiger partial charge is 0.246 e. The van der Waals surface area contributed by atoms with Crippen molar-refractivity contribution in [1.29, 1.82) is 0 Å². The van der Waals surface area contributed by atoms with E-state index in [9.17, 15) is 9.59 Å². The highest BCUT2D eigenvalue weighted by Crippen LogP contribution is 2.07. The molecule has 19 heavy (non-hydrogen) atoms. The van der Waals surface area contributed by atoms with Crippen LogP contribution in [0.1, 0.15) is 19.8 Å². The minimum Gasteiger partial charge on any atom is -0.343 e. The van der Waals surface area contributed by atoms with E-state index in [0.717, 1.165) is 25.1 Å². The van der Waals surface area contributed by atoms with E-state index < -0.39 is 6.04 Å². The first-order chi connectivity index (χ1) is 9.16. The summed E-state index contributed by atoms with van der Waals surface area (Å²) in [5.74, 6) is -0.314. The Bertz CT molecular complexity index is 441. The Morgan fingerprint density at radius 2 is 2.05 bits per heavy atom. The van der Waals surface area contributed by atoms with Gasteiger partial charge in [0.25, 0.3) is 0 Å². The first kappa shape index (κ1) is 13.5. The summed E-state index contributed by atoms with van der Waals surface area (Å²) >= 11 is 0.